The Balaban J connectivity index is 2.22. The number of rotatable bonds is 6. The maximum absolute atomic E-state index is 11.7. The summed E-state index contributed by atoms with van der Waals surface area (Å²) in [5, 5.41) is 14.9. The molecule has 2 unspecified atom stereocenters. The molecule has 1 aliphatic heterocycles. The van der Waals surface area contributed by atoms with Gasteiger partial charge in [-0.05, 0) is 12.8 Å². The second kappa shape index (κ2) is 7.60. The van der Waals surface area contributed by atoms with Crippen molar-refractivity contribution >= 4 is 5.91 Å². The van der Waals surface area contributed by atoms with Crippen LogP contribution in [0.15, 0.2) is 0 Å². The van der Waals surface area contributed by atoms with Gasteiger partial charge in [-0.25, -0.2) is 0 Å². The van der Waals surface area contributed by atoms with Crippen molar-refractivity contribution in [3.8, 4) is 0 Å². The van der Waals surface area contributed by atoms with Gasteiger partial charge in [-0.15, -0.1) is 0 Å². The number of carbonyl (C=O) groups is 1. The van der Waals surface area contributed by atoms with Gasteiger partial charge in [0.05, 0.1) is 19.1 Å². The van der Waals surface area contributed by atoms with Crippen molar-refractivity contribution in [3.05, 3.63) is 0 Å². The Morgan fingerprint density at radius 3 is 3.06 bits per heavy atom. The molecule has 1 heterocycles. The quantitative estimate of drug-likeness (QED) is 0.583. The average molecular weight is 230 g/mol. The Hall–Kier alpha value is -0.650. The van der Waals surface area contributed by atoms with Crippen LogP contribution < -0.4 is 10.6 Å². The SMILES string of the molecule is CCC(CCO)NC(=O)CC1CNCCO1. The molecule has 0 aromatic carbocycles. The second-order valence-corrected chi connectivity index (χ2v) is 4.09. The summed E-state index contributed by atoms with van der Waals surface area (Å²) in [6, 6.07) is 0.0778. The molecule has 0 spiro atoms. The van der Waals surface area contributed by atoms with Gasteiger partial charge in [0.15, 0.2) is 0 Å². The third kappa shape index (κ3) is 4.92. The fraction of sp³-hybridized carbons (Fsp3) is 0.909. The Labute approximate surface area is 96.6 Å². The van der Waals surface area contributed by atoms with E-state index in [4.69, 9.17) is 9.84 Å². The van der Waals surface area contributed by atoms with E-state index in [0.29, 0.717) is 19.4 Å². The number of carbonyl (C=O) groups excluding carboxylic acids is 1. The van der Waals surface area contributed by atoms with Crippen LogP contribution in [-0.4, -0.2) is 49.5 Å². The number of amides is 1. The van der Waals surface area contributed by atoms with Gasteiger partial charge in [-0.2, -0.15) is 0 Å². The first kappa shape index (κ1) is 13.4. The zero-order valence-electron chi connectivity index (χ0n) is 9.87. The topological polar surface area (TPSA) is 70.6 Å². The molecule has 5 heteroatoms. The highest BCUT2D eigenvalue weighted by Crippen LogP contribution is 2.03. The number of hydrogen-bond donors (Lipinski definition) is 3. The molecule has 1 amide bonds. The van der Waals surface area contributed by atoms with E-state index in [-0.39, 0.29) is 24.7 Å². The van der Waals surface area contributed by atoms with E-state index in [1.165, 1.54) is 0 Å². The molecule has 1 saturated heterocycles. The van der Waals surface area contributed by atoms with Crippen LogP contribution >= 0.6 is 0 Å². The van der Waals surface area contributed by atoms with E-state index in [2.05, 4.69) is 10.6 Å². The zero-order valence-corrected chi connectivity index (χ0v) is 9.87. The molecule has 0 aromatic rings. The molecule has 1 aliphatic rings. The first-order chi connectivity index (χ1) is 7.76. The van der Waals surface area contributed by atoms with Gasteiger partial charge in [0.1, 0.15) is 0 Å². The maximum atomic E-state index is 11.7. The van der Waals surface area contributed by atoms with Crippen molar-refractivity contribution in [2.45, 2.75) is 38.3 Å². The molecule has 3 N–H and O–H groups in total. The smallest absolute Gasteiger partial charge is 0.222 e. The summed E-state index contributed by atoms with van der Waals surface area (Å²) in [6.07, 6.45) is 1.84. The Morgan fingerprint density at radius 2 is 2.50 bits per heavy atom. The van der Waals surface area contributed by atoms with E-state index in [1.807, 2.05) is 6.92 Å². The lowest BCUT2D eigenvalue weighted by molar-refractivity contribution is -0.125. The molecule has 5 nitrogen and oxygen atoms in total. The standard InChI is InChI=1S/C11H22N2O3/c1-2-9(3-5-14)13-11(15)7-10-8-12-4-6-16-10/h9-10,12,14H,2-8H2,1H3,(H,13,15). The van der Waals surface area contributed by atoms with Gasteiger partial charge in [0.25, 0.3) is 0 Å². The third-order valence-electron chi connectivity index (χ3n) is 2.75. The number of morpholine rings is 1. The molecule has 0 radical (unpaired) electrons. The molecule has 0 aliphatic carbocycles. The van der Waals surface area contributed by atoms with Gasteiger partial charge < -0.3 is 20.5 Å². The van der Waals surface area contributed by atoms with Crippen molar-refractivity contribution in [2.24, 2.45) is 0 Å². The van der Waals surface area contributed by atoms with Crippen LogP contribution in [0.25, 0.3) is 0 Å². The highest BCUT2D eigenvalue weighted by Gasteiger charge is 2.18. The van der Waals surface area contributed by atoms with Crippen molar-refractivity contribution in [1.29, 1.82) is 0 Å². The summed E-state index contributed by atoms with van der Waals surface area (Å²) in [4.78, 5) is 11.7. The van der Waals surface area contributed by atoms with E-state index in [9.17, 15) is 4.79 Å². The maximum Gasteiger partial charge on any atom is 0.222 e. The molecule has 94 valence electrons. The Kier molecular flexibility index (Phi) is 6.37. The molecule has 1 rings (SSSR count). The largest absolute Gasteiger partial charge is 0.396 e. The first-order valence-electron chi connectivity index (χ1n) is 5.98. The lowest BCUT2D eigenvalue weighted by Gasteiger charge is -2.24. The summed E-state index contributed by atoms with van der Waals surface area (Å²) in [5.74, 6) is 0.00833. The summed E-state index contributed by atoms with van der Waals surface area (Å²) in [6.45, 7) is 4.38. The van der Waals surface area contributed by atoms with Gasteiger partial charge in [0.2, 0.25) is 5.91 Å². The number of nitrogens with one attached hydrogen (secondary N) is 2. The third-order valence-corrected chi connectivity index (χ3v) is 2.75. The van der Waals surface area contributed by atoms with Crippen LogP contribution in [0.5, 0.6) is 0 Å². The van der Waals surface area contributed by atoms with Gasteiger partial charge in [-0.3, -0.25) is 4.79 Å². The molecular formula is C11H22N2O3. The first-order valence-corrected chi connectivity index (χ1v) is 5.98. The molecule has 0 aromatic heterocycles. The average Bonchev–Trinajstić information content (AvgIpc) is 2.29. The molecule has 2 atom stereocenters. The van der Waals surface area contributed by atoms with Crippen LogP contribution in [0.4, 0.5) is 0 Å². The molecule has 0 saturated carbocycles. The fourth-order valence-corrected chi connectivity index (χ4v) is 1.78. The lowest BCUT2D eigenvalue weighted by atomic mass is 10.1. The fourth-order valence-electron chi connectivity index (χ4n) is 1.78. The van der Waals surface area contributed by atoms with Crippen molar-refractivity contribution in [2.75, 3.05) is 26.3 Å². The van der Waals surface area contributed by atoms with Crippen LogP contribution in [-0.2, 0) is 9.53 Å². The number of ether oxygens (including phenoxy) is 1. The molecule has 1 fully saturated rings. The summed E-state index contributed by atoms with van der Waals surface area (Å²) >= 11 is 0. The lowest BCUT2D eigenvalue weighted by Crippen LogP contribution is -2.43. The van der Waals surface area contributed by atoms with E-state index >= 15 is 0 Å². The number of aliphatic hydroxyl groups excluding tert-OH is 1. The monoisotopic (exact) mass is 230 g/mol. The highest BCUT2D eigenvalue weighted by atomic mass is 16.5. The minimum absolute atomic E-state index is 0.00833. The van der Waals surface area contributed by atoms with E-state index in [0.717, 1.165) is 19.5 Å². The summed E-state index contributed by atoms with van der Waals surface area (Å²) in [7, 11) is 0. The highest BCUT2D eigenvalue weighted by molar-refractivity contribution is 5.76. The van der Waals surface area contributed by atoms with Gasteiger partial charge in [-0.1, -0.05) is 6.92 Å². The van der Waals surface area contributed by atoms with E-state index < -0.39 is 0 Å². The summed E-state index contributed by atoms with van der Waals surface area (Å²) < 4.78 is 5.45. The summed E-state index contributed by atoms with van der Waals surface area (Å²) in [5.41, 5.74) is 0. The molecule has 16 heavy (non-hydrogen) atoms. The van der Waals surface area contributed by atoms with Gasteiger partial charge in [0, 0.05) is 25.7 Å². The Morgan fingerprint density at radius 1 is 1.69 bits per heavy atom. The van der Waals surface area contributed by atoms with Gasteiger partial charge >= 0.3 is 0 Å². The number of aliphatic hydroxyl groups is 1. The Bertz CT molecular complexity index is 197. The van der Waals surface area contributed by atoms with Crippen molar-refractivity contribution in [1.82, 2.24) is 10.6 Å². The normalized spacial score (nSPS) is 22.8. The van der Waals surface area contributed by atoms with Crippen LogP contribution in [0.1, 0.15) is 26.2 Å². The van der Waals surface area contributed by atoms with Crippen LogP contribution in [0.2, 0.25) is 0 Å². The van der Waals surface area contributed by atoms with Crippen molar-refractivity contribution in [3.63, 3.8) is 0 Å². The van der Waals surface area contributed by atoms with Crippen molar-refractivity contribution < 1.29 is 14.6 Å². The zero-order chi connectivity index (χ0) is 11.8. The minimum Gasteiger partial charge on any atom is -0.396 e. The molecule has 0 bridgehead atoms. The predicted molar refractivity (Wildman–Crippen MR) is 61.2 cm³/mol. The van der Waals surface area contributed by atoms with Crippen LogP contribution in [0, 0.1) is 0 Å². The van der Waals surface area contributed by atoms with E-state index in [1.54, 1.807) is 0 Å². The van der Waals surface area contributed by atoms with Crippen LogP contribution in [0.3, 0.4) is 0 Å². The number of hydrogen-bond acceptors (Lipinski definition) is 4. The second-order valence-electron chi connectivity index (χ2n) is 4.09. The minimum atomic E-state index is -0.0135. The predicted octanol–water partition coefficient (Wildman–Crippen LogP) is -0.358. The molecular weight excluding hydrogens is 208 g/mol.